The van der Waals surface area contributed by atoms with Crippen LogP contribution in [0.5, 0.6) is 0 Å². The fraction of sp³-hybridized carbons (Fsp3) is 0.515. The summed E-state index contributed by atoms with van der Waals surface area (Å²) in [5, 5.41) is 0. The van der Waals surface area contributed by atoms with Crippen LogP contribution in [-0.2, 0) is 36.7 Å². The van der Waals surface area contributed by atoms with Gasteiger partial charge in [-0.15, -0.1) is 0 Å². The molecular formula is C33H51Cl4Zr2. The van der Waals surface area contributed by atoms with E-state index in [0.29, 0.717) is 11.8 Å². The first-order chi connectivity index (χ1) is 16.8. The summed E-state index contributed by atoms with van der Waals surface area (Å²) in [5.41, 5.74) is 12.4. The molecule has 0 spiro atoms. The molecule has 0 aromatic carbocycles. The topological polar surface area (TPSA) is 0 Å². The second-order valence-electron chi connectivity index (χ2n) is 13.7. The third-order valence-corrected chi connectivity index (χ3v) is 22.7. The van der Waals surface area contributed by atoms with Gasteiger partial charge in [0.15, 0.2) is 0 Å². The maximum absolute atomic E-state index is 6.01. The van der Waals surface area contributed by atoms with Crippen LogP contribution in [0.15, 0.2) is 87.6 Å². The van der Waals surface area contributed by atoms with E-state index in [1.165, 1.54) is 32.0 Å². The van der Waals surface area contributed by atoms with Crippen molar-refractivity contribution in [2.45, 2.75) is 91.4 Å². The minimum absolute atomic E-state index is 0. The van der Waals surface area contributed by atoms with E-state index >= 15 is 0 Å². The predicted molar refractivity (Wildman–Crippen MR) is 165 cm³/mol. The molecule has 0 saturated heterocycles. The Labute approximate surface area is 266 Å². The summed E-state index contributed by atoms with van der Waals surface area (Å²) in [5.74, 6) is 1.19. The Bertz CT molecular complexity index is 1130. The number of hydrogen-bond donors (Lipinski definition) is 0. The van der Waals surface area contributed by atoms with E-state index in [4.69, 9.17) is 17.0 Å². The van der Waals surface area contributed by atoms with Gasteiger partial charge in [0.2, 0.25) is 0 Å². The summed E-state index contributed by atoms with van der Waals surface area (Å²) in [6.07, 6.45) is 15.2. The van der Waals surface area contributed by atoms with E-state index in [1.807, 2.05) is 10.7 Å². The molecule has 0 amide bonds. The molecule has 0 nitrogen and oxygen atoms in total. The van der Waals surface area contributed by atoms with Gasteiger partial charge in [0.1, 0.15) is 0 Å². The maximum Gasteiger partial charge on any atom is -1.00 e. The Morgan fingerprint density at radius 1 is 0.667 bits per heavy atom. The average molecular weight is 772 g/mol. The van der Waals surface area contributed by atoms with Crippen molar-refractivity contribution >= 4 is 17.0 Å². The molecule has 0 radical (unpaired) electrons. The molecule has 0 bridgehead atoms. The molecule has 4 aliphatic rings. The van der Waals surface area contributed by atoms with E-state index in [2.05, 4.69) is 104 Å². The Kier molecular flexibility index (Phi) is 15.4. The zero-order chi connectivity index (χ0) is 28.5. The van der Waals surface area contributed by atoms with Gasteiger partial charge >= 0.3 is 133 Å². The van der Waals surface area contributed by atoms with E-state index in [1.54, 1.807) is 25.6 Å². The van der Waals surface area contributed by atoms with Gasteiger partial charge in [-0.2, -0.15) is 0 Å². The Morgan fingerprint density at radius 3 is 1.23 bits per heavy atom. The average Bonchev–Trinajstić information content (AvgIpc) is 3.57. The van der Waals surface area contributed by atoms with Crippen LogP contribution in [0.25, 0.3) is 0 Å². The second-order valence-corrected chi connectivity index (χ2v) is 51.0. The van der Waals surface area contributed by atoms with Crippen LogP contribution in [0.3, 0.4) is 0 Å². The van der Waals surface area contributed by atoms with Crippen LogP contribution in [0.1, 0.15) is 68.2 Å². The fourth-order valence-corrected chi connectivity index (χ4v) is 13.5. The van der Waals surface area contributed by atoms with Gasteiger partial charge in [-0.05, 0) is 75.0 Å². The Balaban J connectivity index is 0.000000589. The zero-order valence-corrected chi connectivity index (χ0v) is 34.5. The zero-order valence-electron chi connectivity index (χ0n) is 26.5. The maximum atomic E-state index is 6.01. The van der Waals surface area contributed by atoms with Crippen LogP contribution in [-0.4, -0.2) is 0 Å². The number of allylic oxidation sites excluding steroid dienone is 16. The van der Waals surface area contributed by atoms with Crippen molar-refractivity contribution < 1.29 is 61.5 Å². The van der Waals surface area contributed by atoms with E-state index < -0.39 is 36.7 Å². The van der Waals surface area contributed by atoms with Crippen molar-refractivity contribution in [3.8, 4) is 0 Å². The number of rotatable bonds is 3. The first-order valence-corrected chi connectivity index (χ1v) is 35.0. The minimum Gasteiger partial charge on any atom is -1.00 e. The Morgan fingerprint density at radius 2 is 1.05 bits per heavy atom. The first-order valence-electron chi connectivity index (χ1n) is 13.9. The normalized spacial score (nSPS) is 22.8. The summed E-state index contributed by atoms with van der Waals surface area (Å²) < 4.78 is 15.0. The molecule has 2 unspecified atom stereocenters. The van der Waals surface area contributed by atoms with Crippen molar-refractivity contribution in [3.05, 3.63) is 87.6 Å². The molecule has 0 aromatic rings. The van der Waals surface area contributed by atoms with Crippen LogP contribution >= 0.6 is 17.0 Å². The Hall–Kier alpha value is 0.846. The molecule has 0 N–H and O–H groups in total. The molecule has 39 heavy (non-hydrogen) atoms. The molecule has 6 heteroatoms. The van der Waals surface area contributed by atoms with E-state index in [0.717, 1.165) is 6.42 Å². The molecule has 2 atom stereocenters. The van der Waals surface area contributed by atoms with Gasteiger partial charge in [0.25, 0.3) is 0 Å². The number of halogens is 4. The van der Waals surface area contributed by atoms with E-state index in [-0.39, 0.29) is 24.8 Å². The molecule has 0 heterocycles. The third kappa shape index (κ3) is 9.94. The monoisotopic (exact) mass is 767 g/mol. The molecule has 0 aromatic heterocycles. The van der Waals surface area contributed by atoms with Crippen molar-refractivity contribution in [1.29, 1.82) is 0 Å². The smallest absolute Gasteiger partial charge is 1.00 e. The standard InChI is InChI=1S/C18H26.2C5H5.5CH3.4ClH.2Zr/c1-9-10(2)14(6)17(13(9)5)18-15(7)11(3)12(4)16(18)8;2*1-2-4-5-3-1;;;;;;;;;;;/h13,15H,1-8H3;2*1-3H,4H2;5*1H3;4*1H;;/q;;;;;;;;;;;;2*+2/p-4. The number of hydrogen-bond acceptors (Lipinski definition) is 0. The molecule has 4 rings (SSSR count). The SMILES string of the molecule is CC1=C(C)C(C)C(C2=C(C)C(C)=C(C)C2C)=C1C.[CH3][Zr+2]([CH3])([CH3])([CH3])[C]1=CC=CC1.[CH3][Zr]([Cl])([Cl])[C]1=CC=CC1.[Cl-].[Cl-]. The van der Waals surface area contributed by atoms with Crippen LogP contribution < -0.4 is 24.8 Å². The third-order valence-electron chi connectivity index (χ3n) is 8.96. The molecule has 219 valence electrons. The predicted octanol–water partition coefficient (Wildman–Crippen LogP) is 6.65. The van der Waals surface area contributed by atoms with Gasteiger partial charge in [-0.25, -0.2) is 0 Å². The quantitative estimate of drug-likeness (QED) is 0.302. The minimum atomic E-state index is -2.65. The molecule has 0 aliphatic heterocycles. The fourth-order valence-electron chi connectivity index (χ4n) is 5.56. The summed E-state index contributed by atoms with van der Waals surface area (Å²) in [6.45, 7) is 18.5. The second kappa shape index (κ2) is 15.0. The van der Waals surface area contributed by atoms with Crippen molar-refractivity contribution in [3.63, 3.8) is 0 Å². The molecular weight excluding hydrogens is 721 g/mol. The summed E-state index contributed by atoms with van der Waals surface area (Å²) >= 11 is -4.85. The van der Waals surface area contributed by atoms with Gasteiger partial charge in [0, 0.05) is 11.8 Å². The summed E-state index contributed by atoms with van der Waals surface area (Å²) in [7, 11) is 12.0. The first kappa shape index (κ1) is 39.8. The molecule has 0 saturated carbocycles. The van der Waals surface area contributed by atoms with Gasteiger partial charge < -0.3 is 24.8 Å². The van der Waals surface area contributed by atoms with Crippen molar-refractivity contribution in [2.75, 3.05) is 0 Å². The van der Waals surface area contributed by atoms with Gasteiger partial charge in [0.05, 0.1) is 0 Å². The van der Waals surface area contributed by atoms with Gasteiger partial charge in [-0.1, -0.05) is 25.0 Å². The summed E-state index contributed by atoms with van der Waals surface area (Å²) in [4.78, 5) is 0. The van der Waals surface area contributed by atoms with Gasteiger partial charge in [-0.3, -0.25) is 0 Å². The van der Waals surface area contributed by atoms with Crippen molar-refractivity contribution in [1.82, 2.24) is 0 Å². The van der Waals surface area contributed by atoms with Crippen molar-refractivity contribution in [2.24, 2.45) is 11.8 Å². The summed E-state index contributed by atoms with van der Waals surface area (Å²) in [6, 6.07) is 0. The largest absolute Gasteiger partial charge is 1.00 e. The van der Waals surface area contributed by atoms with E-state index in [9.17, 15) is 0 Å². The molecule has 4 aliphatic carbocycles. The van der Waals surface area contributed by atoms with Crippen LogP contribution in [0.2, 0.25) is 23.2 Å². The van der Waals surface area contributed by atoms with Crippen LogP contribution in [0.4, 0.5) is 0 Å². The molecule has 0 fully saturated rings. The van der Waals surface area contributed by atoms with Crippen LogP contribution in [0, 0.1) is 11.8 Å².